The summed E-state index contributed by atoms with van der Waals surface area (Å²) in [5.41, 5.74) is 3.07. The van der Waals surface area contributed by atoms with Crippen LogP contribution in [-0.2, 0) is 6.54 Å². The van der Waals surface area contributed by atoms with Gasteiger partial charge in [0.05, 0.1) is 12.6 Å². The first-order chi connectivity index (χ1) is 11.6. The van der Waals surface area contributed by atoms with E-state index in [0.29, 0.717) is 18.3 Å². The lowest BCUT2D eigenvalue weighted by atomic mass is 10.1. The van der Waals surface area contributed by atoms with Gasteiger partial charge in [-0.05, 0) is 57.2 Å². The van der Waals surface area contributed by atoms with Crippen LogP contribution in [0.1, 0.15) is 25.3 Å². The van der Waals surface area contributed by atoms with Crippen LogP contribution in [0.15, 0.2) is 52.9 Å². The minimum absolute atomic E-state index is 0.169. The Morgan fingerprint density at radius 1 is 1.08 bits per heavy atom. The number of nitrogens with one attached hydrogen (secondary N) is 1. The predicted molar refractivity (Wildman–Crippen MR) is 94.0 cm³/mol. The van der Waals surface area contributed by atoms with E-state index in [9.17, 15) is 0 Å². The smallest absolute Gasteiger partial charge is 0.247 e. The molecular formula is C19H21N3O2. The number of aryl methyl sites for hydroxylation is 1. The second-order valence-electron chi connectivity index (χ2n) is 5.91. The predicted octanol–water partition coefficient (Wildman–Crippen LogP) is 4.44. The molecule has 1 aromatic heterocycles. The Bertz CT molecular complexity index is 794. The minimum Gasteiger partial charge on any atom is -0.491 e. The van der Waals surface area contributed by atoms with Gasteiger partial charge in [-0.2, -0.15) is 0 Å². The zero-order valence-electron chi connectivity index (χ0n) is 14.1. The first-order valence-electron chi connectivity index (χ1n) is 8.00. The van der Waals surface area contributed by atoms with Gasteiger partial charge in [-0.1, -0.05) is 17.7 Å². The van der Waals surface area contributed by atoms with E-state index >= 15 is 0 Å². The standard InChI is InChI=1S/C19H21N3O2/c1-13(2)23-17-9-7-16(8-10-17)20-12-18-21-22-19(24-18)15-6-4-5-14(3)11-15/h4-11,13,20H,12H2,1-3H3. The molecule has 2 aromatic carbocycles. The molecule has 124 valence electrons. The fourth-order valence-electron chi connectivity index (χ4n) is 2.32. The van der Waals surface area contributed by atoms with Crippen LogP contribution in [0.2, 0.25) is 0 Å². The zero-order valence-corrected chi connectivity index (χ0v) is 14.1. The van der Waals surface area contributed by atoms with Crippen LogP contribution in [0.3, 0.4) is 0 Å². The third-order valence-electron chi connectivity index (χ3n) is 3.40. The monoisotopic (exact) mass is 323 g/mol. The summed E-state index contributed by atoms with van der Waals surface area (Å²) >= 11 is 0. The maximum atomic E-state index is 5.71. The van der Waals surface area contributed by atoms with Crippen molar-refractivity contribution in [3.8, 4) is 17.2 Å². The maximum Gasteiger partial charge on any atom is 0.247 e. The Labute approximate surface area is 141 Å². The second kappa shape index (κ2) is 7.17. The Morgan fingerprint density at radius 2 is 1.88 bits per heavy atom. The molecule has 0 atom stereocenters. The van der Waals surface area contributed by atoms with E-state index in [4.69, 9.17) is 9.15 Å². The lowest BCUT2D eigenvalue weighted by Crippen LogP contribution is -2.05. The molecule has 0 amide bonds. The summed E-state index contributed by atoms with van der Waals surface area (Å²) in [6.45, 7) is 6.53. The maximum absolute atomic E-state index is 5.71. The van der Waals surface area contributed by atoms with Crippen LogP contribution < -0.4 is 10.1 Å². The van der Waals surface area contributed by atoms with Crippen molar-refractivity contribution in [3.05, 3.63) is 60.0 Å². The number of hydrogen-bond acceptors (Lipinski definition) is 5. The third kappa shape index (κ3) is 4.13. The van der Waals surface area contributed by atoms with Crippen molar-refractivity contribution < 1.29 is 9.15 Å². The Balaban J connectivity index is 1.61. The molecule has 0 spiro atoms. The van der Waals surface area contributed by atoms with Crippen LogP contribution >= 0.6 is 0 Å². The highest BCUT2D eigenvalue weighted by molar-refractivity contribution is 5.53. The molecule has 0 radical (unpaired) electrons. The highest BCUT2D eigenvalue weighted by Gasteiger charge is 2.08. The van der Waals surface area contributed by atoms with Crippen molar-refractivity contribution in [2.24, 2.45) is 0 Å². The number of nitrogens with zero attached hydrogens (tertiary/aromatic N) is 2. The molecule has 5 heteroatoms. The summed E-state index contributed by atoms with van der Waals surface area (Å²) in [5.74, 6) is 1.94. The van der Waals surface area contributed by atoms with Crippen LogP contribution in [0.25, 0.3) is 11.5 Å². The van der Waals surface area contributed by atoms with E-state index in [1.54, 1.807) is 0 Å². The van der Waals surface area contributed by atoms with E-state index in [1.165, 1.54) is 0 Å². The van der Waals surface area contributed by atoms with Gasteiger partial charge in [0.15, 0.2) is 0 Å². The molecule has 3 rings (SSSR count). The highest BCUT2D eigenvalue weighted by Crippen LogP contribution is 2.20. The Kier molecular flexibility index (Phi) is 4.79. The van der Waals surface area contributed by atoms with E-state index in [2.05, 4.69) is 15.5 Å². The average molecular weight is 323 g/mol. The number of aromatic nitrogens is 2. The van der Waals surface area contributed by atoms with Gasteiger partial charge in [-0.25, -0.2) is 0 Å². The molecule has 3 aromatic rings. The van der Waals surface area contributed by atoms with Gasteiger partial charge in [0.25, 0.3) is 0 Å². The van der Waals surface area contributed by atoms with Crippen LogP contribution in [0, 0.1) is 6.92 Å². The largest absolute Gasteiger partial charge is 0.491 e. The quantitative estimate of drug-likeness (QED) is 0.726. The van der Waals surface area contributed by atoms with Crippen LogP contribution in [0.5, 0.6) is 5.75 Å². The molecule has 5 nitrogen and oxygen atoms in total. The fraction of sp³-hybridized carbons (Fsp3) is 0.263. The third-order valence-corrected chi connectivity index (χ3v) is 3.40. The zero-order chi connectivity index (χ0) is 16.9. The molecule has 0 unspecified atom stereocenters. The Hall–Kier alpha value is -2.82. The topological polar surface area (TPSA) is 60.2 Å². The van der Waals surface area contributed by atoms with E-state index in [-0.39, 0.29) is 6.10 Å². The van der Waals surface area contributed by atoms with Crippen LogP contribution in [0.4, 0.5) is 5.69 Å². The molecule has 0 saturated carbocycles. The van der Waals surface area contributed by atoms with Crippen molar-refractivity contribution in [3.63, 3.8) is 0 Å². The molecule has 24 heavy (non-hydrogen) atoms. The van der Waals surface area contributed by atoms with Crippen molar-refractivity contribution in [2.45, 2.75) is 33.4 Å². The minimum atomic E-state index is 0.169. The molecule has 0 aliphatic rings. The second-order valence-corrected chi connectivity index (χ2v) is 5.91. The number of hydrogen-bond donors (Lipinski definition) is 1. The normalized spacial score (nSPS) is 10.8. The Morgan fingerprint density at radius 3 is 2.58 bits per heavy atom. The first kappa shape index (κ1) is 16.1. The van der Waals surface area contributed by atoms with Gasteiger partial charge < -0.3 is 14.5 Å². The van der Waals surface area contributed by atoms with E-state index in [0.717, 1.165) is 22.6 Å². The molecule has 0 bridgehead atoms. The van der Waals surface area contributed by atoms with Gasteiger partial charge in [0.1, 0.15) is 5.75 Å². The molecule has 1 heterocycles. The highest BCUT2D eigenvalue weighted by atomic mass is 16.5. The number of ether oxygens (including phenoxy) is 1. The number of benzene rings is 2. The number of anilines is 1. The molecule has 0 fully saturated rings. The molecule has 0 saturated heterocycles. The van der Waals surface area contributed by atoms with Crippen molar-refractivity contribution in [1.82, 2.24) is 10.2 Å². The first-order valence-corrected chi connectivity index (χ1v) is 8.00. The lowest BCUT2D eigenvalue weighted by Gasteiger charge is -2.10. The lowest BCUT2D eigenvalue weighted by molar-refractivity contribution is 0.242. The molecule has 0 aliphatic heterocycles. The van der Waals surface area contributed by atoms with Crippen LogP contribution in [-0.4, -0.2) is 16.3 Å². The molecule has 0 aliphatic carbocycles. The number of rotatable bonds is 6. The van der Waals surface area contributed by atoms with Gasteiger partial charge in [0, 0.05) is 11.3 Å². The van der Waals surface area contributed by atoms with Crippen molar-refractivity contribution in [1.29, 1.82) is 0 Å². The van der Waals surface area contributed by atoms with E-state index < -0.39 is 0 Å². The summed E-state index contributed by atoms with van der Waals surface area (Å²) < 4.78 is 11.3. The van der Waals surface area contributed by atoms with Gasteiger partial charge in [-0.15, -0.1) is 10.2 Å². The summed E-state index contributed by atoms with van der Waals surface area (Å²) in [6.07, 6.45) is 0.169. The van der Waals surface area contributed by atoms with E-state index in [1.807, 2.05) is 69.3 Å². The van der Waals surface area contributed by atoms with Gasteiger partial charge in [-0.3, -0.25) is 0 Å². The van der Waals surface area contributed by atoms with Crippen molar-refractivity contribution >= 4 is 5.69 Å². The molecular weight excluding hydrogens is 302 g/mol. The summed E-state index contributed by atoms with van der Waals surface area (Å²) in [4.78, 5) is 0. The van der Waals surface area contributed by atoms with Crippen molar-refractivity contribution in [2.75, 3.05) is 5.32 Å². The summed E-state index contributed by atoms with van der Waals surface area (Å²) in [7, 11) is 0. The van der Waals surface area contributed by atoms with Gasteiger partial charge in [0.2, 0.25) is 11.8 Å². The summed E-state index contributed by atoms with van der Waals surface area (Å²) in [6, 6.07) is 15.8. The fourth-order valence-corrected chi connectivity index (χ4v) is 2.32. The SMILES string of the molecule is Cc1cccc(-c2nnc(CNc3ccc(OC(C)C)cc3)o2)c1. The van der Waals surface area contributed by atoms with Gasteiger partial charge >= 0.3 is 0 Å². The summed E-state index contributed by atoms with van der Waals surface area (Å²) in [5, 5.41) is 11.5. The average Bonchev–Trinajstić information content (AvgIpc) is 3.03. The molecule has 1 N–H and O–H groups in total.